The summed E-state index contributed by atoms with van der Waals surface area (Å²) >= 11 is 1.74. The van der Waals surface area contributed by atoms with Gasteiger partial charge in [-0.2, -0.15) is 0 Å². The molecule has 0 N–H and O–H groups in total. The SMILES string of the molecule is CSc1ccccc1N(C)c1ncccc1CN(c1cccnc1)c1cccnc1. The van der Waals surface area contributed by atoms with Gasteiger partial charge in [0.1, 0.15) is 5.82 Å². The molecule has 0 bridgehead atoms. The second-order valence-electron chi connectivity index (χ2n) is 6.73. The summed E-state index contributed by atoms with van der Waals surface area (Å²) in [6.07, 6.45) is 11.3. The van der Waals surface area contributed by atoms with Crippen LogP contribution in [0.2, 0.25) is 0 Å². The van der Waals surface area contributed by atoms with Crippen LogP contribution in [0.5, 0.6) is 0 Å². The summed E-state index contributed by atoms with van der Waals surface area (Å²) in [5.41, 5.74) is 4.27. The lowest BCUT2D eigenvalue weighted by atomic mass is 10.2. The molecule has 150 valence electrons. The van der Waals surface area contributed by atoms with Gasteiger partial charge in [-0.15, -0.1) is 11.8 Å². The maximum atomic E-state index is 4.73. The third-order valence-corrected chi connectivity index (χ3v) is 5.66. The molecule has 6 heteroatoms. The highest BCUT2D eigenvalue weighted by Crippen LogP contribution is 2.34. The van der Waals surface area contributed by atoms with E-state index in [-0.39, 0.29) is 0 Å². The van der Waals surface area contributed by atoms with Crippen molar-refractivity contribution in [2.75, 3.05) is 23.1 Å². The fourth-order valence-electron chi connectivity index (χ4n) is 3.41. The van der Waals surface area contributed by atoms with E-state index in [2.05, 4.69) is 75.5 Å². The van der Waals surface area contributed by atoms with Gasteiger partial charge < -0.3 is 9.80 Å². The lowest BCUT2D eigenvalue weighted by molar-refractivity contribution is 0.939. The van der Waals surface area contributed by atoms with Gasteiger partial charge in [0.2, 0.25) is 0 Å². The third-order valence-electron chi connectivity index (χ3n) is 4.88. The Morgan fingerprint density at radius 3 is 2.10 bits per heavy atom. The number of rotatable bonds is 7. The molecule has 3 aromatic heterocycles. The van der Waals surface area contributed by atoms with Crippen LogP contribution in [-0.4, -0.2) is 28.3 Å². The Bertz CT molecular complexity index is 1050. The maximum absolute atomic E-state index is 4.73. The summed E-state index contributed by atoms with van der Waals surface area (Å²) in [6, 6.07) is 20.5. The number of hydrogen-bond donors (Lipinski definition) is 0. The standard InChI is InChI=1S/C24H23N5S/c1-28(22-11-3-4-12-23(22)30-2)24-19(8-5-15-27-24)18-29(20-9-6-13-25-16-20)21-10-7-14-26-17-21/h3-17H,18H2,1-2H3. The van der Waals surface area contributed by atoms with Crippen LogP contribution in [0.1, 0.15) is 5.56 Å². The van der Waals surface area contributed by atoms with Gasteiger partial charge in [-0.3, -0.25) is 9.97 Å². The van der Waals surface area contributed by atoms with Crippen LogP contribution in [-0.2, 0) is 6.54 Å². The van der Waals surface area contributed by atoms with Crippen molar-refractivity contribution >= 4 is 34.6 Å². The molecule has 0 amide bonds. The van der Waals surface area contributed by atoms with Crippen molar-refractivity contribution < 1.29 is 0 Å². The van der Waals surface area contributed by atoms with Crippen LogP contribution in [0.3, 0.4) is 0 Å². The Morgan fingerprint density at radius 2 is 1.47 bits per heavy atom. The van der Waals surface area contributed by atoms with E-state index in [1.165, 1.54) is 4.90 Å². The maximum Gasteiger partial charge on any atom is 0.137 e. The molecule has 0 saturated heterocycles. The van der Waals surface area contributed by atoms with Gasteiger partial charge in [-0.05, 0) is 48.7 Å². The van der Waals surface area contributed by atoms with Gasteiger partial charge in [0.25, 0.3) is 0 Å². The molecule has 0 aliphatic heterocycles. The van der Waals surface area contributed by atoms with Crippen molar-refractivity contribution in [1.82, 2.24) is 15.0 Å². The fourth-order valence-corrected chi connectivity index (χ4v) is 4.03. The highest BCUT2D eigenvalue weighted by molar-refractivity contribution is 7.98. The quantitative estimate of drug-likeness (QED) is 0.362. The first-order valence-electron chi connectivity index (χ1n) is 9.66. The van der Waals surface area contributed by atoms with Gasteiger partial charge >= 0.3 is 0 Å². The number of pyridine rings is 3. The molecule has 0 spiro atoms. The number of aromatic nitrogens is 3. The van der Waals surface area contributed by atoms with Crippen molar-refractivity contribution in [2.45, 2.75) is 11.4 Å². The zero-order valence-corrected chi connectivity index (χ0v) is 17.8. The predicted octanol–water partition coefficient (Wildman–Crippen LogP) is 5.70. The summed E-state index contributed by atoms with van der Waals surface area (Å²) in [7, 11) is 2.07. The average Bonchev–Trinajstić information content (AvgIpc) is 2.83. The molecule has 0 aliphatic rings. The molecule has 30 heavy (non-hydrogen) atoms. The van der Waals surface area contributed by atoms with Crippen molar-refractivity contribution in [3.8, 4) is 0 Å². The molecule has 4 aromatic rings. The largest absolute Gasteiger partial charge is 0.334 e. The summed E-state index contributed by atoms with van der Waals surface area (Å²) in [5, 5.41) is 0. The average molecular weight is 414 g/mol. The Balaban J connectivity index is 1.74. The molecule has 1 aromatic carbocycles. The van der Waals surface area contributed by atoms with E-state index in [0.29, 0.717) is 6.54 Å². The Kier molecular flexibility index (Phi) is 6.25. The minimum Gasteiger partial charge on any atom is -0.334 e. The summed E-state index contributed by atoms with van der Waals surface area (Å²) in [4.78, 5) is 18.9. The smallest absolute Gasteiger partial charge is 0.137 e. The summed E-state index contributed by atoms with van der Waals surface area (Å²) < 4.78 is 0. The van der Waals surface area contributed by atoms with Crippen molar-refractivity contribution in [1.29, 1.82) is 0 Å². The van der Waals surface area contributed by atoms with Crippen LogP contribution in [0.4, 0.5) is 22.9 Å². The van der Waals surface area contributed by atoms with Gasteiger partial charge in [0, 0.05) is 36.1 Å². The zero-order chi connectivity index (χ0) is 20.8. The van der Waals surface area contributed by atoms with E-state index in [9.17, 15) is 0 Å². The first-order chi connectivity index (χ1) is 14.8. The molecule has 0 atom stereocenters. The number of nitrogens with zero attached hydrogens (tertiary/aromatic N) is 5. The molecule has 3 heterocycles. The first kappa shape index (κ1) is 19.9. The second kappa shape index (κ2) is 9.41. The fraction of sp³-hybridized carbons (Fsp3) is 0.125. The molecule has 0 aliphatic carbocycles. The lowest BCUT2D eigenvalue weighted by Crippen LogP contribution is -2.21. The van der Waals surface area contributed by atoms with Crippen molar-refractivity contribution in [3.05, 3.63) is 97.2 Å². The van der Waals surface area contributed by atoms with Crippen LogP contribution < -0.4 is 9.80 Å². The molecule has 0 radical (unpaired) electrons. The highest BCUT2D eigenvalue weighted by Gasteiger charge is 2.17. The number of thioether (sulfide) groups is 1. The normalized spacial score (nSPS) is 10.6. The van der Waals surface area contributed by atoms with Gasteiger partial charge in [-0.25, -0.2) is 4.98 Å². The highest BCUT2D eigenvalue weighted by atomic mass is 32.2. The van der Waals surface area contributed by atoms with E-state index < -0.39 is 0 Å². The van der Waals surface area contributed by atoms with Gasteiger partial charge in [0.15, 0.2) is 0 Å². The Morgan fingerprint density at radius 1 is 0.800 bits per heavy atom. The van der Waals surface area contributed by atoms with E-state index in [0.717, 1.165) is 28.4 Å². The van der Waals surface area contributed by atoms with Gasteiger partial charge in [0.05, 0.1) is 36.0 Å². The molecule has 4 rings (SSSR count). The van der Waals surface area contributed by atoms with Gasteiger partial charge in [-0.1, -0.05) is 18.2 Å². The monoisotopic (exact) mass is 413 g/mol. The molecule has 0 unspecified atom stereocenters. The number of para-hydroxylation sites is 1. The second-order valence-corrected chi connectivity index (χ2v) is 7.57. The summed E-state index contributed by atoms with van der Waals surface area (Å²) in [5.74, 6) is 0.928. The molecular formula is C24H23N5S. The van der Waals surface area contributed by atoms with Crippen LogP contribution in [0.25, 0.3) is 0 Å². The summed E-state index contributed by atoms with van der Waals surface area (Å²) in [6.45, 7) is 0.645. The van der Waals surface area contributed by atoms with Crippen LogP contribution >= 0.6 is 11.8 Å². The predicted molar refractivity (Wildman–Crippen MR) is 125 cm³/mol. The van der Waals surface area contributed by atoms with E-state index in [1.54, 1.807) is 24.2 Å². The molecule has 5 nitrogen and oxygen atoms in total. The topological polar surface area (TPSA) is 45.2 Å². The first-order valence-corrected chi connectivity index (χ1v) is 10.9. The molecule has 0 saturated carbocycles. The Hall–Kier alpha value is -3.38. The number of anilines is 4. The van der Waals surface area contributed by atoms with E-state index >= 15 is 0 Å². The minimum atomic E-state index is 0.645. The Labute approximate surface area is 181 Å². The van der Waals surface area contributed by atoms with Crippen molar-refractivity contribution in [2.24, 2.45) is 0 Å². The van der Waals surface area contributed by atoms with Crippen molar-refractivity contribution in [3.63, 3.8) is 0 Å². The van der Waals surface area contributed by atoms with E-state index in [1.807, 2.05) is 36.8 Å². The third kappa shape index (κ3) is 4.28. The molecular weight excluding hydrogens is 390 g/mol. The van der Waals surface area contributed by atoms with Crippen LogP contribution in [0.15, 0.2) is 96.5 Å². The van der Waals surface area contributed by atoms with E-state index in [4.69, 9.17) is 4.98 Å². The minimum absolute atomic E-state index is 0.645. The lowest BCUT2D eigenvalue weighted by Gasteiger charge is -2.28. The number of hydrogen-bond acceptors (Lipinski definition) is 6. The zero-order valence-electron chi connectivity index (χ0n) is 17.0. The van der Waals surface area contributed by atoms with Crippen LogP contribution in [0, 0.1) is 0 Å². The number of benzene rings is 1. The molecule has 0 fully saturated rings.